The summed E-state index contributed by atoms with van der Waals surface area (Å²) in [7, 11) is 0. The maximum absolute atomic E-state index is 13.2. The van der Waals surface area contributed by atoms with Crippen LogP contribution in [0.15, 0.2) is 109 Å². The van der Waals surface area contributed by atoms with Crippen LogP contribution in [0.2, 0.25) is 0 Å². The maximum Gasteiger partial charge on any atom is 0.238 e. The lowest BCUT2D eigenvalue weighted by molar-refractivity contribution is -0.120. The summed E-state index contributed by atoms with van der Waals surface area (Å²) in [5.74, 6) is -0.0366. The summed E-state index contributed by atoms with van der Waals surface area (Å²) in [5, 5.41) is 20.6. The lowest BCUT2D eigenvalue weighted by Crippen LogP contribution is -2.50. The van der Waals surface area contributed by atoms with Crippen molar-refractivity contribution in [3.63, 3.8) is 0 Å². The highest BCUT2D eigenvalue weighted by Crippen LogP contribution is 2.39. The molecule has 46 heavy (non-hydrogen) atoms. The van der Waals surface area contributed by atoms with Crippen molar-refractivity contribution in [1.29, 1.82) is 0 Å². The molecule has 6 nitrogen and oxygen atoms in total. The van der Waals surface area contributed by atoms with E-state index in [0.29, 0.717) is 13.1 Å². The molecule has 2 amide bonds. The first-order valence-electron chi connectivity index (χ1n) is 16.0. The van der Waals surface area contributed by atoms with E-state index in [1.54, 1.807) is 0 Å². The Hall–Kier alpha value is -5.30. The van der Waals surface area contributed by atoms with E-state index in [0.717, 1.165) is 48.3 Å². The highest BCUT2D eigenvalue weighted by Gasteiger charge is 2.22. The summed E-state index contributed by atoms with van der Waals surface area (Å²) in [6.07, 6.45) is 0. The number of hydrogen-bond acceptors (Lipinski definition) is 4. The van der Waals surface area contributed by atoms with Gasteiger partial charge in [-0.2, -0.15) is 0 Å². The van der Waals surface area contributed by atoms with Gasteiger partial charge in [0.1, 0.15) is 0 Å². The number of hydrogen-bond donors (Lipinski definition) is 2. The minimum atomic E-state index is -0.0183. The average Bonchev–Trinajstić information content (AvgIpc) is 3.08. The van der Waals surface area contributed by atoms with Crippen LogP contribution in [0.1, 0.15) is 0 Å². The number of benzene rings is 8. The molecule has 0 bridgehead atoms. The van der Waals surface area contributed by atoms with Crippen LogP contribution in [0.25, 0.3) is 64.6 Å². The number of carbonyl (C=O) groups excluding carboxylic acids is 2. The van der Waals surface area contributed by atoms with Gasteiger partial charge in [-0.3, -0.25) is 19.4 Å². The minimum absolute atomic E-state index is 0.0183. The van der Waals surface area contributed by atoms with E-state index in [9.17, 15) is 9.59 Å². The van der Waals surface area contributed by atoms with Crippen LogP contribution in [-0.4, -0.2) is 60.9 Å². The van der Waals surface area contributed by atoms with Crippen molar-refractivity contribution in [3.05, 3.63) is 109 Å². The first-order chi connectivity index (χ1) is 22.6. The quantitative estimate of drug-likeness (QED) is 0.192. The van der Waals surface area contributed by atoms with Gasteiger partial charge in [0.05, 0.1) is 13.1 Å². The predicted molar refractivity (Wildman–Crippen MR) is 190 cm³/mol. The summed E-state index contributed by atoms with van der Waals surface area (Å²) in [6, 6.07) is 38.1. The van der Waals surface area contributed by atoms with E-state index in [1.807, 2.05) is 12.1 Å². The number of rotatable bonds is 6. The van der Waals surface area contributed by atoms with Crippen molar-refractivity contribution in [2.45, 2.75) is 0 Å². The van der Waals surface area contributed by atoms with Gasteiger partial charge >= 0.3 is 0 Å². The zero-order valence-corrected chi connectivity index (χ0v) is 25.3. The molecule has 0 aromatic heterocycles. The Morgan fingerprint density at radius 2 is 0.761 bits per heavy atom. The van der Waals surface area contributed by atoms with Crippen LogP contribution < -0.4 is 10.6 Å². The first kappa shape index (κ1) is 27.0. The molecule has 6 heteroatoms. The second kappa shape index (κ2) is 10.7. The van der Waals surface area contributed by atoms with Gasteiger partial charge in [-0.25, -0.2) is 0 Å². The molecule has 0 aliphatic carbocycles. The maximum atomic E-state index is 13.2. The van der Waals surface area contributed by atoms with Crippen LogP contribution in [0, 0.1) is 0 Å². The number of anilines is 2. The molecule has 1 aliphatic rings. The van der Waals surface area contributed by atoms with Crippen LogP contribution in [-0.2, 0) is 9.59 Å². The van der Waals surface area contributed by atoms with Gasteiger partial charge in [0.25, 0.3) is 0 Å². The lowest BCUT2D eigenvalue weighted by Gasteiger charge is -2.33. The molecule has 8 aromatic carbocycles. The third-order valence-corrected chi connectivity index (χ3v) is 9.80. The van der Waals surface area contributed by atoms with Crippen LogP contribution in [0.4, 0.5) is 11.4 Å². The minimum Gasteiger partial charge on any atom is -0.324 e. The largest absolute Gasteiger partial charge is 0.324 e. The third kappa shape index (κ3) is 4.49. The number of carbonyl (C=O) groups is 2. The van der Waals surface area contributed by atoms with Crippen LogP contribution >= 0.6 is 0 Å². The molecule has 1 heterocycles. The monoisotopic (exact) mass is 600 g/mol. The third-order valence-electron chi connectivity index (χ3n) is 9.80. The molecule has 0 spiro atoms. The SMILES string of the molecule is O=C(CN1CCN(CC(=O)Nc2ccc3ccc4cccc5ccc2c3c45)CC1)Nc1ccc2ccc3cccc4ccc1c2c34. The van der Waals surface area contributed by atoms with E-state index >= 15 is 0 Å². The molecule has 1 aliphatic heterocycles. The van der Waals surface area contributed by atoms with Gasteiger partial charge in [0.15, 0.2) is 0 Å². The van der Waals surface area contributed by atoms with Gasteiger partial charge in [-0.15, -0.1) is 0 Å². The fraction of sp³-hybridized carbons (Fsp3) is 0.150. The van der Waals surface area contributed by atoms with E-state index in [2.05, 4.69) is 117 Å². The van der Waals surface area contributed by atoms with Crippen LogP contribution in [0.5, 0.6) is 0 Å². The second-order valence-corrected chi connectivity index (χ2v) is 12.6. The molecule has 0 unspecified atom stereocenters. The van der Waals surface area contributed by atoms with Crippen LogP contribution in [0.3, 0.4) is 0 Å². The molecule has 0 radical (unpaired) electrons. The zero-order chi connectivity index (χ0) is 30.8. The van der Waals surface area contributed by atoms with Crippen molar-refractivity contribution in [2.75, 3.05) is 49.9 Å². The molecular weight excluding hydrogens is 568 g/mol. The number of nitrogens with zero attached hydrogens (tertiary/aromatic N) is 2. The molecule has 224 valence electrons. The smallest absolute Gasteiger partial charge is 0.238 e. The van der Waals surface area contributed by atoms with E-state index in [4.69, 9.17) is 0 Å². The summed E-state index contributed by atoms with van der Waals surface area (Å²) in [5.41, 5.74) is 1.69. The van der Waals surface area contributed by atoms with Gasteiger partial charge in [0.2, 0.25) is 11.8 Å². The van der Waals surface area contributed by atoms with Gasteiger partial charge in [-0.05, 0) is 66.0 Å². The average molecular weight is 601 g/mol. The first-order valence-corrected chi connectivity index (χ1v) is 16.0. The molecular formula is C40H32N4O2. The molecule has 9 rings (SSSR count). The Kier molecular flexibility index (Phi) is 6.27. The van der Waals surface area contributed by atoms with E-state index in [-0.39, 0.29) is 11.8 Å². The second-order valence-electron chi connectivity index (χ2n) is 12.6. The van der Waals surface area contributed by atoms with Gasteiger partial charge < -0.3 is 10.6 Å². The number of nitrogens with one attached hydrogen (secondary N) is 2. The Morgan fingerprint density at radius 1 is 0.435 bits per heavy atom. The molecule has 1 fully saturated rings. The Morgan fingerprint density at radius 3 is 1.15 bits per heavy atom. The van der Waals surface area contributed by atoms with E-state index in [1.165, 1.54) is 53.9 Å². The molecule has 0 atom stereocenters. The topological polar surface area (TPSA) is 64.7 Å². The predicted octanol–water partition coefficient (Wildman–Crippen LogP) is 7.68. The summed E-state index contributed by atoms with van der Waals surface area (Å²) in [4.78, 5) is 30.7. The Labute approximate surface area is 265 Å². The highest BCUT2D eigenvalue weighted by molar-refractivity contribution is 6.27. The van der Waals surface area contributed by atoms with Crippen molar-refractivity contribution >= 4 is 87.8 Å². The van der Waals surface area contributed by atoms with Crippen molar-refractivity contribution in [1.82, 2.24) is 9.80 Å². The van der Waals surface area contributed by atoms with Gasteiger partial charge in [0, 0.05) is 48.3 Å². The molecule has 0 saturated carbocycles. The summed E-state index contributed by atoms with van der Waals surface area (Å²) in [6.45, 7) is 3.58. The standard InChI is InChI=1S/C40H32N4O2/c45-35(41-33-17-13-29-9-7-25-3-1-5-27-11-15-31(33)39(29)37(25)27)23-43-19-21-44(22-20-43)24-36(46)42-34-18-14-30-10-8-26-4-2-6-28-12-16-32(34)40(30)38(26)28/h1-18H,19-24H2,(H,41,45)(H,42,46). The van der Waals surface area contributed by atoms with Crippen molar-refractivity contribution < 1.29 is 9.59 Å². The summed E-state index contributed by atoms with van der Waals surface area (Å²) < 4.78 is 0. The Balaban J connectivity index is 0.843. The van der Waals surface area contributed by atoms with E-state index < -0.39 is 0 Å². The highest BCUT2D eigenvalue weighted by atomic mass is 16.2. The molecule has 2 N–H and O–H groups in total. The fourth-order valence-electron chi connectivity index (χ4n) is 7.58. The number of amides is 2. The normalized spacial score (nSPS) is 14.8. The van der Waals surface area contributed by atoms with Gasteiger partial charge in [-0.1, -0.05) is 97.1 Å². The van der Waals surface area contributed by atoms with Crippen molar-refractivity contribution in [3.8, 4) is 0 Å². The Bertz CT molecular complexity index is 2240. The molecule has 8 aromatic rings. The summed E-state index contributed by atoms with van der Waals surface area (Å²) >= 11 is 0. The zero-order valence-electron chi connectivity index (χ0n) is 25.3. The lowest BCUT2D eigenvalue weighted by atomic mass is 9.93. The van der Waals surface area contributed by atoms with Crippen molar-refractivity contribution in [2.24, 2.45) is 0 Å². The molecule has 1 saturated heterocycles. The fourth-order valence-corrected chi connectivity index (χ4v) is 7.58. The number of piperazine rings is 1.